The van der Waals surface area contributed by atoms with Crippen molar-refractivity contribution in [3.8, 4) is 0 Å². The maximum Gasteiger partial charge on any atom is 0.335 e. The molecule has 4 unspecified atom stereocenters. The number of carbonyl (C=O) groups is 3. The zero-order valence-corrected chi connectivity index (χ0v) is 25.9. The predicted molar refractivity (Wildman–Crippen MR) is 155 cm³/mol. The minimum atomic E-state index is -1.73. The number of hydrogen-bond donors (Lipinski definition) is 7. The first-order chi connectivity index (χ1) is 20.8. The zero-order chi connectivity index (χ0) is 32.6. The molecule has 7 N–H and O–H groups in total. The van der Waals surface area contributed by atoms with Crippen molar-refractivity contribution >= 4 is 17.8 Å². The summed E-state index contributed by atoms with van der Waals surface area (Å²) in [6.45, 7) is 6.90. The number of carboxylic acid groups (broad SMARTS) is 1. The van der Waals surface area contributed by atoms with Crippen molar-refractivity contribution < 1.29 is 58.9 Å². The molecule has 0 aromatic carbocycles. The van der Waals surface area contributed by atoms with E-state index in [-0.39, 0.29) is 43.5 Å². The molecule has 0 saturated carbocycles. The van der Waals surface area contributed by atoms with Gasteiger partial charge in [-0.2, -0.15) is 0 Å². The third-order valence-electron chi connectivity index (χ3n) is 8.41. The van der Waals surface area contributed by atoms with Crippen molar-refractivity contribution in [1.82, 2.24) is 10.6 Å². The van der Waals surface area contributed by atoms with E-state index in [2.05, 4.69) is 22.8 Å². The average molecular weight is 631 g/mol. The number of allylic oxidation sites excluding steroid dienone is 2. The van der Waals surface area contributed by atoms with Crippen LogP contribution in [0.3, 0.4) is 0 Å². The molecule has 0 aromatic rings. The number of carbonyl (C=O) groups excluding carboxylic acids is 2. The number of nitrogens with one attached hydrogen (secondary N) is 2. The summed E-state index contributed by atoms with van der Waals surface area (Å²) >= 11 is 0. The number of rotatable bonds is 12. The Hall–Kier alpha value is -2.17. The molecule has 0 bridgehead atoms. The first kappa shape index (κ1) is 36.3. The van der Waals surface area contributed by atoms with Gasteiger partial charge in [0.1, 0.15) is 37.1 Å². The van der Waals surface area contributed by atoms with E-state index in [1.165, 1.54) is 0 Å². The van der Waals surface area contributed by atoms with E-state index in [4.69, 9.17) is 18.9 Å². The summed E-state index contributed by atoms with van der Waals surface area (Å²) in [6, 6.07) is 0. The van der Waals surface area contributed by atoms with Gasteiger partial charge in [0, 0.05) is 19.0 Å². The number of aliphatic carboxylic acids is 1. The summed E-state index contributed by atoms with van der Waals surface area (Å²) in [4.78, 5) is 37.5. The molecule has 1 aliphatic carbocycles. The fourth-order valence-electron chi connectivity index (χ4n) is 5.95. The van der Waals surface area contributed by atoms with Crippen LogP contribution in [-0.4, -0.2) is 124 Å². The van der Waals surface area contributed by atoms with Crippen LogP contribution in [0.15, 0.2) is 12.2 Å². The van der Waals surface area contributed by atoms with Crippen LogP contribution in [0.5, 0.6) is 0 Å². The quantitative estimate of drug-likeness (QED) is 0.107. The summed E-state index contributed by atoms with van der Waals surface area (Å²) in [5.41, 5.74) is 0. The molecular weight excluding hydrogens is 580 g/mol. The Kier molecular flexibility index (Phi) is 14.0. The first-order valence-electron chi connectivity index (χ1n) is 15.6. The highest BCUT2D eigenvalue weighted by molar-refractivity contribution is 5.81. The fraction of sp³-hybridized carbons (Fsp3) is 0.833. The molecule has 2 aliphatic heterocycles. The molecule has 0 spiro atoms. The number of aliphatic hydroxyl groups excluding tert-OH is 4. The molecule has 0 aromatic heterocycles. The third-order valence-corrected chi connectivity index (χ3v) is 8.41. The second kappa shape index (κ2) is 16.9. The molecule has 14 heteroatoms. The molecule has 2 heterocycles. The summed E-state index contributed by atoms with van der Waals surface area (Å²) < 4.78 is 22.7. The van der Waals surface area contributed by atoms with E-state index in [9.17, 15) is 39.9 Å². The molecule has 2 fully saturated rings. The lowest BCUT2D eigenvalue weighted by atomic mass is 9.80. The van der Waals surface area contributed by atoms with Crippen molar-refractivity contribution in [2.45, 2.75) is 121 Å². The molecule has 11 atom stereocenters. The highest BCUT2D eigenvalue weighted by atomic mass is 16.7. The van der Waals surface area contributed by atoms with Gasteiger partial charge in [0.2, 0.25) is 11.8 Å². The van der Waals surface area contributed by atoms with Gasteiger partial charge in [0.05, 0.1) is 18.3 Å². The topological polar surface area (TPSA) is 213 Å². The molecule has 14 nitrogen and oxygen atoms in total. The Morgan fingerprint density at radius 1 is 0.841 bits per heavy atom. The van der Waals surface area contributed by atoms with Gasteiger partial charge in [-0.15, -0.1) is 0 Å². The average Bonchev–Trinajstić information content (AvgIpc) is 2.94. The maximum absolute atomic E-state index is 13.2. The van der Waals surface area contributed by atoms with E-state index in [1.54, 1.807) is 27.7 Å². The number of carboxylic acids is 1. The summed E-state index contributed by atoms with van der Waals surface area (Å²) in [7, 11) is 0. The number of amides is 2. The van der Waals surface area contributed by atoms with Crippen LogP contribution < -0.4 is 10.6 Å². The SMILES string of the molecule is CC(C)[C@@H]1C(C(=O)NCCNC(=O)CO[C@H]2CC/C=C/CCC2)O[C@@H](O[C@@H]2C(C(=O)O)O[C@@H](C(C)C)[C@@H](O)C2O)[C@@H](O)C1O. The van der Waals surface area contributed by atoms with Crippen LogP contribution in [0.1, 0.15) is 59.8 Å². The highest BCUT2D eigenvalue weighted by Gasteiger charge is 2.54. The highest BCUT2D eigenvalue weighted by Crippen LogP contribution is 2.35. The third kappa shape index (κ3) is 9.42. The summed E-state index contributed by atoms with van der Waals surface area (Å²) in [5, 5.41) is 58.2. The van der Waals surface area contributed by atoms with Crippen molar-refractivity contribution in [3.63, 3.8) is 0 Å². The zero-order valence-electron chi connectivity index (χ0n) is 25.9. The van der Waals surface area contributed by atoms with Crippen LogP contribution in [0, 0.1) is 17.8 Å². The lowest BCUT2D eigenvalue weighted by Gasteiger charge is -2.47. The van der Waals surface area contributed by atoms with Gasteiger partial charge in [0.15, 0.2) is 12.4 Å². The molecule has 2 amide bonds. The predicted octanol–water partition coefficient (Wildman–Crippen LogP) is -0.542. The number of aliphatic hydroxyl groups is 4. The minimum Gasteiger partial charge on any atom is -0.479 e. The van der Waals surface area contributed by atoms with E-state index < -0.39 is 72.9 Å². The van der Waals surface area contributed by atoms with Crippen molar-refractivity contribution in [2.75, 3.05) is 19.7 Å². The Bertz CT molecular complexity index is 978. The smallest absolute Gasteiger partial charge is 0.335 e. The number of ether oxygens (including phenoxy) is 4. The minimum absolute atomic E-state index is 0.0192. The van der Waals surface area contributed by atoms with Crippen LogP contribution in [-0.2, 0) is 33.3 Å². The van der Waals surface area contributed by atoms with Gasteiger partial charge in [-0.3, -0.25) is 9.59 Å². The van der Waals surface area contributed by atoms with Crippen molar-refractivity contribution in [3.05, 3.63) is 12.2 Å². The fourth-order valence-corrected chi connectivity index (χ4v) is 5.95. The molecule has 3 rings (SSSR count). The Morgan fingerprint density at radius 2 is 1.52 bits per heavy atom. The normalized spacial score (nSPS) is 37.2. The molecular formula is C30H50N2O12. The van der Waals surface area contributed by atoms with Crippen LogP contribution in [0.2, 0.25) is 0 Å². The molecule has 44 heavy (non-hydrogen) atoms. The Labute approximate surface area is 258 Å². The van der Waals surface area contributed by atoms with Gasteiger partial charge in [0.25, 0.3) is 0 Å². The second-order valence-electron chi connectivity index (χ2n) is 12.5. The van der Waals surface area contributed by atoms with Crippen LogP contribution in [0.4, 0.5) is 0 Å². The summed E-state index contributed by atoms with van der Waals surface area (Å²) in [6.07, 6.45) is -4.95. The Balaban J connectivity index is 1.58. The lowest BCUT2D eigenvalue weighted by molar-refractivity contribution is -0.330. The first-order valence-corrected chi connectivity index (χ1v) is 15.6. The summed E-state index contributed by atoms with van der Waals surface area (Å²) in [5.74, 6) is -3.97. The molecule has 3 aliphatic rings. The molecule has 2 saturated heterocycles. The van der Waals surface area contributed by atoms with Crippen molar-refractivity contribution in [2.24, 2.45) is 17.8 Å². The van der Waals surface area contributed by atoms with Crippen LogP contribution in [0.25, 0.3) is 0 Å². The molecule has 0 radical (unpaired) electrons. The molecule has 252 valence electrons. The van der Waals surface area contributed by atoms with Gasteiger partial charge in [-0.1, -0.05) is 39.8 Å². The second-order valence-corrected chi connectivity index (χ2v) is 12.5. The van der Waals surface area contributed by atoms with Gasteiger partial charge >= 0.3 is 5.97 Å². The van der Waals surface area contributed by atoms with E-state index in [0.29, 0.717) is 0 Å². The van der Waals surface area contributed by atoms with E-state index in [1.807, 2.05) is 0 Å². The van der Waals surface area contributed by atoms with Gasteiger partial charge < -0.3 is 55.1 Å². The lowest BCUT2D eigenvalue weighted by Crippen LogP contribution is -2.66. The van der Waals surface area contributed by atoms with E-state index in [0.717, 1.165) is 32.1 Å². The monoisotopic (exact) mass is 630 g/mol. The van der Waals surface area contributed by atoms with E-state index >= 15 is 0 Å². The van der Waals surface area contributed by atoms with Crippen molar-refractivity contribution in [1.29, 1.82) is 0 Å². The standard InChI is InChI=1S/C30H50N2O12/c1-15(2)19-20(34)23(37)30(44-26-22(36)21(35)24(16(3)4)42-27(26)29(39)40)43-25(19)28(38)32-13-12-31-18(33)14-41-17-10-8-6-5-7-9-11-17/h5-6,15-17,19-27,30,34-37H,7-14H2,1-4H3,(H,31,33)(H,32,38)(H,39,40)/b6-5+/t17-,19-,20?,21-,22?,23-,24-,25?,26-,27?,30-/m0/s1. The number of hydrogen-bond acceptors (Lipinski definition) is 11. The Morgan fingerprint density at radius 3 is 2.18 bits per heavy atom. The van der Waals surface area contributed by atoms with Crippen LogP contribution >= 0.6 is 0 Å². The maximum atomic E-state index is 13.2. The van der Waals surface area contributed by atoms with Gasteiger partial charge in [-0.05, 0) is 43.9 Å². The largest absolute Gasteiger partial charge is 0.479 e. The van der Waals surface area contributed by atoms with Gasteiger partial charge in [-0.25, -0.2) is 4.79 Å².